The molecule has 26 heavy (non-hydrogen) atoms. The van der Waals surface area contributed by atoms with Gasteiger partial charge in [-0.3, -0.25) is 0 Å². The van der Waals surface area contributed by atoms with Crippen LogP contribution in [0.15, 0.2) is 12.3 Å². The fourth-order valence-electron chi connectivity index (χ4n) is 5.66. The van der Waals surface area contributed by atoms with Gasteiger partial charge in [0.05, 0.1) is 0 Å². The average Bonchev–Trinajstić information content (AvgIpc) is 3.42. The highest BCUT2D eigenvalue weighted by molar-refractivity contribution is 6.54. The molecular formula is C17H30B4N2O3. The van der Waals surface area contributed by atoms with Gasteiger partial charge in [0.15, 0.2) is 0 Å². The Morgan fingerprint density at radius 1 is 1.12 bits per heavy atom. The Balaban J connectivity index is 1.38. The van der Waals surface area contributed by atoms with Crippen LogP contribution in [0.3, 0.4) is 0 Å². The number of rotatable bonds is 4. The predicted molar refractivity (Wildman–Crippen MR) is 112 cm³/mol. The lowest BCUT2D eigenvalue weighted by Gasteiger charge is -2.45. The molecule has 0 aromatic heterocycles. The third-order valence-corrected chi connectivity index (χ3v) is 7.55. The van der Waals surface area contributed by atoms with Crippen molar-refractivity contribution in [1.82, 2.24) is 10.4 Å². The maximum absolute atomic E-state index is 12.2. The van der Waals surface area contributed by atoms with Gasteiger partial charge in [-0.1, -0.05) is 5.21 Å². The van der Waals surface area contributed by atoms with Crippen LogP contribution >= 0.6 is 0 Å². The van der Waals surface area contributed by atoms with Crippen molar-refractivity contribution in [2.24, 2.45) is 16.7 Å². The topological polar surface area (TPSA) is 50.8 Å². The smallest absolute Gasteiger partial charge is 0.429 e. The van der Waals surface area contributed by atoms with Crippen LogP contribution in [0.25, 0.3) is 0 Å². The van der Waals surface area contributed by atoms with Gasteiger partial charge in [0.25, 0.3) is 0 Å². The Kier molecular flexibility index (Phi) is 3.68. The van der Waals surface area contributed by atoms with Crippen LogP contribution in [0.4, 0.5) is 4.79 Å². The monoisotopic (exact) mass is 354 g/mol. The lowest BCUT2D eigenvalue weighted by atomic mass is 9.33. The molecule has 1 aliphatic heterocycles. The van der Waals surface area contributed by atoms with Gasteiger partial charge in [-0.2, -0.15) is 5.43 Å². The summed E-state index contributed by atoms with van der Waals surface area (Å²) in [6.07, 6.45) is 8.49. The van der Waals surface area contributed by atoms with Crippen LogP contribution in [0.2, 0.25) is 5.21 Å². The maximum Gasteiger partial charge on any atom is 0.429 e. The molecule has 0 bridgehead atoms. The molecule has 2 spiro atoms. The van der Waals surface area contributed by atoms with Crippen LogP contribution in [0, 0.1) is 16.7 Å². The number of hydrogen-bond acceptors (Lipinski definition) is 4. The van der Waals surface area contributed by atoms with Gasteiger partial charge >= 0.3 is 6.09 Å². The van der Waals surface area contributed by atoms with Crippen LogP contribution in [0.1, 0.15) is 46.5 Å². The van der Waals surface area contributed by atoms with E-state index >= 15 is 0 Å². The number of ether oxygens (including phenoxy) is 2. The van der Waals surface area contributed by atoms with Crippen molar-refractivity contribution in [2.45, 2.75) is 68.9 Å². The molecule has 1 heterocycles. The minimum atomic E-state index is -0.518. The molecule has 3 saturated carbocycles. The Labute approximate surface area is 160 Å². The summed E-state index contributed by atoms with van der Waals surface area (Å²) >= 11 is 0. The second kappa shape index (κ2) is 5.16. The maximum atomic E-state index is 12.2. The molecular weight excluding hydrogens is 323 g/mol. The summed E-state index contributed by atoms with van der Waals surface area (Å²) in [4.78, 5) is 12.2. The Morgan fingerprint density at radius 2 is 1.65 bits per heavy atom. The van der Waals surface area contributed by atoms with Gasteiger partial charge in [-0.25, -0.2) is 9.80 Å². The number of hydrogen-bond donors (Lipinski definition) is 1. The first-order chi connectivity index (χ1) is 11.8. The number of amides is 1. The van der Waals surface area contributed by atoms with Gasteiger partial charge in [0.2, 0.25) is 0 Å². The molecule has 0 saturated heterocycles. The molecule has 0 aromatic carbocycles. The van der Waals surface area contributed by atoms with Crippen LogP contribution in [-0.2, 0) is 9.47 Å². The minimum absolute atomic E-state index is 0.0921. The lowest BCUT2D eigenvalue weighted by Crippen LogP contribution is -2.54. The van der Waals surface area contributed by atoms with E-state index in [-0.39, 0.29) is 16.8 Å². The molecule has 3 aliphatic carbocycles. The lowest BCUT2D eigenvalue weighted by molar-refractivity contribution is -0.0288. The van der Waals surface area contributed by atoms with E-state index < -0.39 is 11.7 Å². The SMILES string of the molecule is BC(B)(OC1C=CN(C(=O)OC(C)(C)C)N1)C(B)(B)C1C2(CC2)C12CC2. The van der Waals surface area contributed by atoms with E-state index in [1.54, 1.807) is 6.20 Å². The summed E-state index contributed by atoms with van der Waals surface area (Å²) < 4.78 is 11.9. The number of nitrogens with one attached hydrogen (secondary N) is 1. The minimum Gasteiger partial charge on any atom is -0.442 e. The zero-order valence-corrected chi connectivity index (χ0v) is 17.3. The summed E-state index contributed by atoms with van der Waals surface area (Å²) in [6.45, 7) is 5.59. The molecule has 4 aliphatic rings. The van der Waals surface area contributed by atoms with Gasteiger partial charge in [0.1, 0.15) is 43.2 Å². The van der Waals surface area contributed by atoms with Crippen molar-refractivity contribution in [1.29, 1.82) is 0 Å². The van der Waals surface area contributed by atoms with Crippen LogP contribution in [-0.4, -0.2) is 59.7 Å². The Hall–Kier alpha value is -0.810. The van der Waals surface area contributed by atoms with Gasteiger partial charge in [0, 0.05) is 6.20 Å². The van der Waals surface area contributed by atoms with E-state index in [4.69, 9.17) is 9.47 Å². The van der Waals surface area contributed by atoms with E-state index in [0.29, 0.717) is 10.8 Å². The van der Waals surface area contributed by atoms with E-state index in [1.165, 1.54) is 30.7 Å². The van der Waals surface area contributed by atoms with Crippen LogP contribution in [0.5, 0.6) is 0 Å². The Morgan fingerprint density at radius 3 is 2.12 bits per heavy atom. The highest BCUT2D eigenvalue weighted by atomic mass is 16.6. The van der Waals surface area contributed by atoms with E-state index in [2.05, 4.69) is 36.8 Å². The first-order valence-electron chi connectivity index (χ1n) is 9.99. The third-order valence-electron chi connectivity index (χ3n) is 7.55. The zero-order valence-electron chi connectivity index (χ0n) is 17.3. The molecule has 3 fully saturated rings. The summed E-state index contributed by atoms with van der Waals surface area (Å²) in [5, 5.41) is 1.17. The average molecular weight is 354 g/mol. The molecule has 5 nitrogen and oxygen atoms in total. The first kappa shape index (κ1) is 18.5. The number of nitrogens with zero attached hydrogens (tertiary/aromatic N) is 1. The molecule has 0 radical (unpaired) electrons. The molecule has 0 aromatic rings. The molecule has 138 valence electrons. The van der Waals surface area contributed by atoms with Crippen molar-refractivity contribution < 1.29 is 14.3 Å². The number of carbonyl (C=O) groups is 1. The molecule has 9 heteroatoms. The van der Waals surface area contributed by atoms with E-state index in [9.17, 15) is 4.79 Å². The number of hydrazine groups is 1. The van der Waals surface area contributed by atoms with Crippen molar-refractivity contribution >= 4 is 37.5 Å². The Bertz CT molecular complexity index is 647. The summed E-state index contributed by atoms with van der Waals surface area (Å²) in [5.41, 5.74) is 3.86. The molecule has 1 N–H and O–H groups in total. The standard InChI is InChI=1S/C17H30B4N2O3/c1-13(2,3)26-12(24)23-9-4-10(22-23)25-17(20,21)16(18,19)11-14(5-6-14)15(11)7-8-15/h4,9-11,22H,5-8,18-21H2,1-3H3. The summed E-state index contributed by atoms with van der Waals surface area (Å²) in [6, 6.07) is 0. The quantitative estimate of drug-likeness (QED) is 0.665. The van der Waals surface area contributed by atoms with Gasteiger partial charge < -0.3 is 9.47 Å². The fraction of sp³-hybridized carbons (Fsp3) is 0.824. The van der Waals surface area contributed by atoms with E-state index in [0.717, 1.165) is 5.92 Å². The van der Waals surface area contributed by atoms with Gasteiger partial charge in [-0.05, 0) is 74.7 Å². The fourth-order valence-corrected chi connectivity index (χ4v) is 5.66. The van der Waals surface area contributed by atoms with Crippen molar-refractivity contribution in [2.75, 3.05) is 0 Å². The largest absolute Gasteiger partial charge is 0.442 e. The van der Waals surface area contributed by atoms with E-state index in [1.807, 2.05) is 26.8 Å². The van der Waals surface area contributed by atoms with Crippen molar-refractivity contribution in [3.8, 4) is 0 Å². The number of carbonyl (C=O) groups excluding carboxylic acids is 1. The second-order valence-electron chi connectivity index (χ2n) is 10.8. The normalized spacial score (nSPS) is 28.6. The summed E-state index contributed by atoms with van der Waals surface area (Å²) in [7, 11) is 9.14. The highest BCUT2D eigenvalue weighted by Gasteiger charge is 2.89. The molecule has 1 atom stereocenters. The van der Waals surface area contributed by atoms with Gasteiger partial charge in [-0.15, -0.1) is 0 Å². The first-order valence-corrected chi connectivity index (χ1v) is 9.99. The zero-order chi connectivity index (χ0) is 19.2. The van der Waals surface area contributed by atoms with Crippen molar-refractivity contribution in [3.63, 3.8) is 0 Å². The molecule has 4 rings (SSSR count). The van der Waals surface area contributed by atoms with Crippen LogP contribution < -0.4 is 5.43 Å². The number of fused-ring (bicyclic) bond motifs is 1. The highest BCUT2D eigenvalue weighted by Crippen LogP contribution is 2.96. The predicted octanol–water partition coefficient (Wildman–Crippen LogP) is -0.909. The second-order valence-corrected chi connectivity index (χ2v) is 10.8. The third kappa shape index (κ3) is 2.61. The summed E-state index contributed by atoms with van der Waals surface area (Å²) in [5.74, 6) is 0.768. The van der Waals surface area contributed by atoms with Crippen molar-refractivity contribution in [3.05, 3.63) is 12.3 Å². The molecule has 1 unspecified atom stereocenters. The molecule has 1 amide bonds.